The first-order chi connectivity index (χ1) is 15.1. The van der Waals surface area contributed by atoms with Crippen LogP contribution in [0, 0.1) is 0 Å². The van der Waals surface area contributed by atoms with Crippen LogP contribution in [0.2, 0.25) is 0 Å². The number of hydrogen-bond donors (Lipinski definition) is 1. The summed E-state index contributed by atoms with van der Waals surface area (Å²) in [4.78, 5) is 35.2. The molecule has 0 N–H and O–H groups in total. The number of aliphatic imine (C=N–C) groups is 1. The lowest BCUT2D eigenvalue weighted by Crippen LogP contribution is -2.53. The van der Waals surface area contributed by atoms with E-state index in [1.807, 2.05) is 0 Å². The molecule has 2 heterocycles. The number of nitrogens with zero attached hydrogens (tertiary/aromatic N) is 3. The van der Waals surface area contributed by atoms with Crippen molar-refractivity contribution >= 4 is 30.2 Å². The quantitative estimate of drug-likeness (QED) is 0.669. The maximum absolute atomic E-state index is 13.4. The van der Waals surface area contributed by atoms with Crippen LogP contribution >= 0.6 is 12.6 Å². The van der Waals surface area contributed by atoms with E-state index in [4.69, 9.17) is 4.99 Å². The van der Waals surface area contributed by atoms with Gasteiger partial charge in [-0.3, -0.25) is 14.6 Å². The Morgan fingerprint density at radius 2 is 1.81 bits per heavy atom. The predicted octanol–water partition coefficient (Wildman–Crippen LogP) is 4.43. The number of alkyl halides is 3. The van der Waals surface area contributed by atoms with E-state index in [1.54, 1.807) is 4.90 Å². The molecule has 9 heteroatoms. The lowest BCUT2D eigenvalue weighted by Gasteiger charge is -2.39. The van der Waals surface area contributed by atoms with Gasteiger partial charge >= 0.3 is 6.18 Å². The molecule has 1 aliphatic carbocycles. The van der Waals surface area contributed by atoms with E-state index < -0.39 is 23.3 Å². The highest BCUT2D eigenvalue weighted by Crippen LogP contribution is 2.40. The molecule has 4 rings (SSSR count). The first kappa shape index (κ1) is 22.9. The monoisotopic (exact) mass is 465 g/mol. The second-order valence-corrected chi connectivity index (χ2v) is 9.28. The third-order valence-corrected chi connectivity index (χ3v) is 6.96. The van der Waals surface area contributed by atoms with E-state index in [1.165, 1.54) is 17.0 Å². The minimum absolute atomic E-state index is 0.107. The second kappa shape index (κ2) is 8.57. The maximum Gasteiger partial charge on any atom is 0.416 e. The minimum Gasteiger partial charge on any atom is -0.334 e. The zero-order valence-corrected chi connectivity index (χ0v) is 18.6. The molecule has 1 spiro atoms. The second-order valence-electron chi connectivity index (χ2n) is 8.71. The van der Waals surface area contributed by atoms with Crippen molar-refractivity contribution in [2.45, 2.75) is 62.8 Å². The molecule has 1 saturated heterocycles. The van der Waals surface area contributed by atoms with Crippen LogP contribution in [0.1, 0.15) is 56.1 Å². The SMILES string of the molecule is C=C(S)C1CCCN1C(=O)CN1C(=O)C(c2ccc(C(F)(F)F)cc2)=NC12CCCCC2. The Morgan fingerprint density at radius 3 is 2.41 bits per heavy atom. The largest absolute Gasteiger partial charge is 0.416 e. The third-order valence-electron chi connectivity index (χ3n) is 6.66. The Kier molecular flexibility index (Phi) is 6.13. The molecule has 32 heavy (non-hydrogen) atoms. The Bertz CT molecular complexity index is 952. The average Bonchev–Trinajstić information content (AvgIpc) is 3.34. The molecular formula is C23H26F3N3O2S. The van der Waals surface area contributed by atoms with E-state index in [-0.39, 0.29) is 24.2 Å². The molecule has 1 atom stereocenters. The molecule has 2 amide bonds. The molecule has 0 bridgehead atoms. The van der Waals surface area contributed by atoms with E-state index in [2.05, 4.69) is 19.2 Å². The van der Waals surface area contributed by atoms with Crippen LogP contribution in [-0.2, 0) is 15.8 Å². The number of hydrogen-bond acceptors (Lipinski definition) is 4. The van der Waals surface area contributed by atoms with Crippen molar-refractivity contribution < 1.29 is 22.8 Å². The van der Waals surface area contributed by atoms with Crippen molar-refractivity contribution in [3.05, 3.63) is 46.9 Å². The van der Waals surface area contributed by atoms with Gasteiger partial charge in [0.15, 0.2) is 0 Å². The van der Waals surface area contributed by atoms with Crippen LogP contribution in [0.3, 0.4) is 0 Å². The van der Waals surface area contributed by atoms with Crippen LogP contribution in [0.25, 0.3) is 0 Å². The first-order valence-electron chi connectivity index (χ1n) is 10.9. The summed E-state index contributed by atoms with van der Waals surface area (Å²) in [6.07, 6.45) is 1.24. The zero-order valence-electron chi connectivity index (χ0n) is 17.7. The molecule has 2 aliphatic heterocycles. The number of carbonyl (C=O) groups is 2. The van der Waals surface area contributed by atoms with Gasteiger partial charge in [-0.25, -0.2) is 0 Å². The van der Waals surface area contributed by atoms with Gasteiger partial charge in [-0.05, 0) is 55.6 Å². The van der Waals surface area contributed by atoms with Crippen LogP contribution in [0.5, 0.6) is 0 Å². The summed E-state index contributed by atoms with van der Waals surface area (Å²) in [5.41, 5.74) is -1.12. The summed E-state index contributed by atoms with van der Waals surface area (Å²) in [7, 11) is 0. The summed E-state index contributed by atoms with van der Waals surface area (Å²) in [6, 6.07) is 4.33. The van der Waals surface area contributed by atoms with E-state index >= 15 is 0 Å². The first-order valence-corrected chi connectivity index (χ1v) is 11.3. The Balaban J connectivity index is 1.61. The zero-order chi connectivity index (χ0) is 23.1. The smallest absolute Gasteiger partial charge is 0.334 e. The summed E-state index contributed by atoms with van der Waals surface area (Å²) >= 11 is 4.33. The van der Waals surface area contributed by atoms with E-state index in [0.29, 0.717) is 29.9 Å². The van der Waals surface area contributed by atoms with Crippen molar-refractivity contribution in [1.82, 2.24) is 9.80 Å². The van der Waals surface area contributed by atoms with Crippen molar-refractivity contribution in [2.24, 2.45) is 4.99 Å². The lowest BCUT2D eigenvalue weighted by molar-refractivity contribution is -0.141. The summed E-state index contributed by atoms with van der Waals surface area (Å²) in [5.74, 6) is -0.578. The summed E-state index contributed by atoms with van der Waals surface area (Å²) in [5, 5.41) is 0. The number of thiol groups is 1. The van der Waals surface area contributed by atoms with Crippen molar-refractivity contribution in [1.29, 1.82) is 0 Å². The number of halogens is 3. The van der Waals surface area contributed by atoms with Crippen LogP contribution in [0.15, 0.2) is 40.7 Å². The van der Waals surface area contributed by atoms with Gasteiger partial charge in [0.2, 0.25) is 5.91 Å². The van der Waals surface area contributed by atoms with Gasteiger partial charge in [0.1, 0.15) is 17.9 Å². The molecule has 1 aromatic carbocycles. The van der Waals surface area contributed by atoms with Gasteiger partial charge in [-0.1, -0.05) is 25.1 Å². The Morgan fingerprint density at radius 1 is 1.16 bits per heavy atom. The fourth-order valence-electron chi connectivity index (χ4n) is 4.99. The molecule has 1 unspecified atom stereocenters. The highest BCUT2D eigenvalue weighted by atomic mass is 32.1. The fraction of sp³-hybridized carbons (Fsp3) is 0.522. The minimum atomic E-state index is -4.45. The van der Waals surface area contributed by atoms with Gasteiger partial charge in [0, 0.05) is 12.1 Å². The van der Waals surface area contributed by atoms with Crippen LogP contribution in [0.4, 0.5) is 13.2 Å². The van der Waals surface area contributed by atoms with E-state index in [0.717, 1.165) is 44.2 Å². The number of likely N-dealkylation sites (tertiary alicyclic amines) is 1. The number of amides is 2. The average molecular weight is 466 g/mol. The molecular weight excluding hydrogens is 439 g/mol. The lowest BCUT2D eigenvalue weighted by atomic mass is 9.88. The molecule has 3 aliphatic rings. The standard InChI is InChI=1S/C23H26F3N3O2S/c1-15(32)18-6-5-13-28(18)19(30)14-29-21(31)20(27-22(29)11-3-2-4-12-22)16-7-9-17(10-8-16)23(24,25)26/h7-10,18,32H,1-6,11-14H2. The Labute approximate surface area is 190 Å². The highest BCUT2D eigenvalue weighted by Gasteiger charge is 2.49. The van der Waals surface area contributed by atoms with Crippen LogP contribution in [-0.4, -0.2) is 52.1 Å². The molecule has 0 aromatic heterocycles. The van der Waals surface area contributed by atoms with Gasteiger partial charge in [0.25, 0.3) is 5.91 Å². The fourth-order valence-corrected chi connectivity index (χ4v) is 5.26. The summed E-state index contributed by atoms with van der Waals surface area (Å²) < 4.78 is 38.8. The van der Waals surface area contributed by atoms with Gasteiger partial charge in [-0.2, -0.15) is 13.2 Å². The summed E-state index contributed by atoms with van der Waals surface area (Å²) in [6.45, 7) is 4.34. The topological polar surface area (TPSA) is 53.0 Å². The molecule has 5 nitrogen and oxygen atoms in total. The molecule has 2 fully saturated rings. The third kappa shape index (κ3) is 4.19. The predicted molar refractivity (Wildman–Crippen MR) is 118 cm³/mol. The van der Waals surface area contributed by atoms with Gasteiger partial charge in [0.05, 0.1) is 11.6 Å². The number of benzene rings is 1. The van der Waals surface area contributed by atoms with Crippen molar-refractivity contribution in [3.63, 3.8) is 0 Å². The molecule has 0 radical (unpaired) electrons. The molecule has 1 aromatic rings. The maximum atomic E-state index is 13.4. The molecule has 172 valence electrons. The van der Waals surface area contributed by atoms with Gasteiger partial charge < -0.3 is 9.80 Å². The van der Waals surface area contributed by atoms with Crippen molar-refractivity contribution in [2.75, 3.05) is 13.1 Å². The molecule has 1 saturated carbocycles. The van der Waals surface area contributed by atoms with Crippen molar-refractivity contribution in [3.8, 4) is 0 Å². The Hall–Kier alpha value is -2.29. The normalized spacial score (nSPS) is 23.1. The van der Waals surface area contributed by atoms with Crippen LogP contribution < -0.4 is 0 Å². The number of carbonyl (C=O) groups excluding carboxylic acids is 2. The highest BCUT2D eigenvalue weighted by molar-refractivity contribution is 7.84. The number of rotatable bonds is 4. The van der Waals surface area contributed by atoms with Gasteiger partial charge in [-0.15, -0.1) is 12.6 Å². The van der Waals surface area contributed by atoms with E-state index in [9.17, 15) is 22.8 Å².